The van der Waals surface area contributed by atoms with Gasteiger partial charge in [-0.3, -0.25) is 10.1 Å². The number of aromatic nitrogens is 1. The number of thiophene rings is 1. The lowest BCUT2D eigenvalue weighted by Crippen LogP contribution is -1.97. The van der Waals surface area contributed by atoms with Crippen molar-refractivity contribution < 1.29 is 4.92 Å². The van der Waals surface area contributed by atoms with Crippen molar-refractivity contribution in [3.8, 4) is 10.6 Å². The van der Waals surface area contributed by atoms with E-state index in [0.29, 0.717) is 5.69 Å². The monoisotopic (exact) mass is 221 g/mol. The third-order valence-electron chi connectivity index (χ3n) is 1.85. The molecule has 0 spiro atoms. The second-order valence-corrected chi connectivity index (χ2v) is 3.79. The molecule has 0 saturated carbocycles. The molecule has 0 aliphatic rings. The highest BCUT2D eigenvalue weighted by Gasteiger charge is 2.17. The van der Waals surface area contributed by atoms with Crippen molar-refractivity contribution >= 4 is 22.8 Å². The molecule has 6 heteroatoms. The van der Waals surface area contributed by atoms with Crippen LogP contribution in [0.5, 0.6) is 0 Å². The lowest BCUT2D eigenvalue weighted by atomic mass is 10.2. The molecule has 0 saturated heterocycles. The van der Waals surface area contributed by atoms with Crippen LogP contribution in [0.15, 0.2) is 29.6 Å². The van der Waals surface area contributed by atoms with Gasteiger partial charge in [-0.15, -0.1) is 11.3 Å². The predicted octanol–water partition coefficient (Wildman–Crippen LogP) is 2.30. The van der Waals surface area contributed by atoms with E-state index in [9.17, 15) is 10.1 Å². The highest BCUT2D eigenvalue weighted by molar-refractivity contribution is 7.13. The summed E-state index contributed by atoms with van der Waals surface area (Å²) in [7, 11) is 0. The van der Waals surface area contributed by atoms with Crippen molar-refractivity contribution in [2.75, 3.05) is 5.73 Å². The molecule has 2 heterocycles. The van der Waals surface area contributed by atoms with E-state index >= 15 is 0 Å². The van der Waals surface area contributed by atoms with E-state index in [1.165, 1.54) is 23.5 Å². The summed E-state index contributed by atoms with van der Waals surface area (Å²) in [5, 5.41) is 12.6. The van der Waals surface area contributed by atoms with E-state index in [4.69, 9.17) is 5.73 Å². The van der Waals surface area contributed by atoms with Crippen LogP contribution in [-0.4, -0.2) is 9.91 Å². The first-order chi connectivity index (χ1) is 7.18. The quantitative estimate of drug-likeness (QED) is 0.623. The van der Waals surface area contributed by atoms with Gasteiger partial charge in [0.05, 0.1) is 9.80 Å². The molecule has 0 unspecified atom stereocenters. The fourth-order valence-electron chi connectivity index (χ4n) is 1.21. The molecule has 0 radical (unpaired) electrons. The molecule has 0 atom stereocenters. The van der Waals surface area contributed by atoms with Crippen LogP contribution < -0.4 is 5.73 Å². The maximum atomic E-state index is 10.8. The van der Waals surface area contributed by atoms with Crippen LogP contribution in [0.4, 0.5) is 11.5 Å². The van der Waals surface area contributed by atoms with Gasteiger partial charge in [-0.05, 0) is 17.5 Å². The number of nitro groups is 1. The molecule has 0 aliphatic carbocycles. The second-order valence-electron chi connectivity index (χ2n) is 2.84. The van der Waals surface area contributed by atoms with Crippen LogP contribution in [0.25, 0.3) is 10.6 Å². The number of pyridine rings is 1. The number of nitrogens with zero attached hydrogens (tertiary/aromatic N) is 2. The maximum absolute atomic E-state index is 10.8. The van der Waals surface area contributed by atoms with Gasteiger partial charge in [0, 0.05) is 6.07 Å². The molecule has 0 fully saturated rings. The van der Waals surface area contributed by atoms with E-state index in [0.717, 1.165) is 4.88 Å². The van der Waals surface area contributed by atoms with Crippen molar-refractivity contribution in [3.63, 3.8) is 0 Å². The van der Waals surface area contributed by atoms with E-state index in [1.54, 1.807) is 6.07 Å². The topological polar surface area (TPSA) is 82.0 Å². The van der Waals surface area contributed by atoms with Crippen LogP contribution in [0, 0.1) is 10.1 Å². The largest absolute Gasteiger partial charge is 0.384 e. The first kappa shape index (κ1) is 9.60. The Hall–Kier alpha value is -1.95. The van der Waals surface area contributed by atoms with Gasteiger partial charge in [-0.2, -0.15) is 0 Å². The van der Waals surface area contributed by atoms with Crippen molar-refractivity contribution in [3.05, 3.63) is 39.8 Å². The summed E-state index contributed by atoms with van der Waals surface area (Å²) in [4.78, 5) is 15.0. The molecule has 0 bridgehead atoms. The third-order valence-corrected chi connectivity index (χ3v) is 2.72. The number of nitrogens with two attached hydrogens (primary N) is 1. The summed E-state index contributed by atoms with van der Waals surface area (Å²) < 4.78 is 0. The molecule has 2 rings (SSSR count). The van der Waals surface area contributed by atoms with Gasteiger partial charge in [0.1, 0.15) is 5.82 Å². The molecule has 76 valence electrons. The maximum Gasteiger partial charge on any atom is 0.296 e. The van der Waals surface area contributed by atoms with Crippen LogP contribution in [0.3, 0.4) is 0 Å². The SMILES string of the molecule is Nc1ccc([N+](=O)[O-])c(-c2cccs2)n1. The summed E-state index contributed by atoms with van der Waals surface area (Å²) in [5.74, 6) is 0.281. The highest BCUT2D eigenvalue weighted by Crippen LogP contribution is 2.31. The lowest BCUT2D eigenvalue weighted by Gasteiger charge is -2.00. The van der Waals surface area contributed by atoms with Gasteiger partial charge in [0.2, 0.25) is 0 Å². The van der Waals surface area contributed by atoms with E-state index in [2.05, 4.69) is 4.98 Å². The first-order valence-corrected chi connectivity index (χ1v) is 5.01. The molecule has 0 aliphatic heterocycles. The Morgan fingerprint density at radius 3 is 2.80 bits per heavy atom. The van der Waals surface area contributed by atoms with Gasteiger partial charge >= 0.3 is 0 Å². The van der Waals surface area contributed by atoms with Crippen molar-refractivity contribution in [1.82, 2.24) is 4.98 Å². The minimum Gasteiger partial charge on any atom is -0.384 e. The Bertz CT molecular complexity index is 496. The van der Waals surface area contributed by atoms with E-state index in [-0.39, 0.29) is 11.5 Å². The zero-order valence-electron chi connectivity index (χ0n) is 7.58. The summed E-state index contributed by atoms with van der Waals surface area (Å²) in [6.45, 7) is 0. The van der Waals surface area contributed by atoms with Gasteiger partial charge in [0.25, 0.3) is 5.69 Å². The predicted molar refractivity (Wildman–Crippen MR) is 58.6 cm³/mol. The third kappa shape index (κ3) is 1.79. The molecule has 2 aromatic rings. The van der Waals surface area contributed by atoms with Gasteiger partial charge in [0.15, 0.2) is 5.69 Å². The van der Waals surface area contributed by atoms with Crippen molar-refractivity contribution in [1.29, 1.82) is 0 Å². The average molecular weight is 221 g/mol. The number of hydrogen-bond donors (Lipinski definition) is 1. The van der Waals surface area contributed by atoms with Crippen LogP contribution in [0.2, 0.25) is 0 Å². The summed E-state index contributed by atoms with van der Waals surface area (Å²) in [6, 6.07) is 6.39. The van der Waals surface area contributed by atoms with Crippen LogP contribution in [-0.2, 0) is 0 Å². The van der Waals surface area contributed by atoms with Gasteiger partial charge < -0.3 is 5.73 Å². The standard InChI is InChI=1S/C9H7N3O2S/c10-8-4-3-6(12(13)14)9(11-8)7-2-1-5-15-7/h1-5H,(H2,10,11). The smallest absolute Gasteiger partial charge is 0.296 e. The summed E-state index contributed by atoms with van der Waals surface area (Å²) >= 11 is 1.39. The Labute approximate surface area is 89.3 Å². The Morgan fingerprint density at radius 2 is 2.20 bits per heavy atom. The molecule has 0 amide bonds. The second kappa shape index (κ2) is 3.66. The van der Waals surface area contributed by atoms with Crippen molar-refractivity contribution in [2.24, 2.45) is 0 Å². The molecule has 2 aromatic heterocycles. The van der Waals surface area contributed by atoms with Crippen LogP contribution >= 0.6 is 11.3 Å². The molecular weight excluding hydrogens is 214 g/mol. The Kier molecular flexibility index (Phi) is 2.34. The van der Waals surface area contributed by atoms with Crippen molar-refractivity contribution in [2.45, 2.75) is 0 Å². The van der Waals surface area contributed by atoms with Gasteiger partial charge in [-0.1, -0.05) is 6.07 Å². The number of rotatable bonds is 2. The minimum atomic E-state index is -0.457. The lowest BCUT2D eigenvalue weighted by molar-refractivity contribution is -0.384. The van der Waals surface area contributed by atoms with Crippen LogP contribution in [0.1, 0.15) is 0 Å². The zero-order chi connectivity index (χ0) is 10.8. The normalized spacial score (nSPS) is 10.1. The number of nitrogen functional groups attached to an aromatic ring is 1. The number of anilines is 1. The summed E-state index contributed by atoms with van der Waals surface area (Å²) in [6.07, 6.45) is 0. The first-order valence-electron chi connectivity index (χ1n) is 4.13. The molecule has 0 aromatic carbocycles. The fraction of sp³-hybridized carbons (Fsp3) is 0. The summed E-state index contributed by atoms with van der Waals surface area (Å²) in [5.41, 5.74) is 5.81. The highest BCUT2D eigenvalue weighted by atomic mass is 32.1. The zero-order valence-corrected chi connectivity index (χ0v) is 8.40. The molecular formula is C9H7N3O2S. The molecule has 15 heavy (non-hydrogen) atoms. The van der Waals surface area contributed by atoms with E-state index < -0.39 is 4.92 Å². The number of hydrogen-bond acceptors (Lipinski definition) is 5. The molecule has 2 N–H and O–H groups in total. The Morgan fingerprint density at radius 1 is 1.40 bits per heavy atom. The molecule has 5 nitrogen and oxygen atoms in total. The van der Waals surface area contributed by atoms with E-state index in [1.807, 2.05) is 11.4 Å². The van der Waals surface area contributed by atoms with Gasteiger partial charge in [-0.25, -0.2) is 4.98 Å². The average Bonchev–Trinajstić information content (AvgIpc) is 2.69. The fourth-order valence-corrected chi connectivity index (χ4v) is 1.93. The Balaban J connectivity index is 2.63. The minimum absolute atomic E-state index is 0.0216.